The number of ether oxygens (including phenoxy) is 2. The van der Waals surface area contributed by atoms with E-state index in [4.69, 9.17) is 14.6 Å². The van der Waals surface area contributed by atoms with Crippen molar-refractivity contribution in [1.29, 1.82) is 0 Å². The minimum atomic E-state index is -0.184. The molecule has 4 nitrogen and oxygen atoms in total. The molecule has 0 spiro atoms. The van der Waals surface area contributed by atoms with E-state index in [2.05, 4.69) is 5.32 Å². The summed E-state index contributed by atoms with van der Waals surface area (Å²) >= 11 is 0. The standard InChI is InChI=1S/C6H10NO3/c8-3-5-4-1-7-2-6(9-4)10-5/h4-6,8H,1-3H2. The Morgan fingerprint density at radius 3 is 3.00 bits per heavy atom. The van der Waals surface area contributed by atoms with Crippen molar-refractivity contribution in [3.8, 4) is 0 Å². The SMILES string of the molecule is OCC1OC2C[N]CC1O2. The molecule has 2 fully saturated rings. The highest BCUT2D eigenvalue weighted by Crippen LogP contribution is 2.21. The van der Waals surface area contributed by atoms with Gasteiger partial charge in [0.1, 0.15) is 12.2 Å². The van der Waals surface area contributed by atoms with Crippen molar-refractivity contribution in [1.82, 2.24) is 5.32 Å². The van der Waals surface area contributed by atoms with E-state index in [0.29, 0.717) is 13.1 Å². The second kappa shape index (κ2) is 2.47. The van der Waals surface area contributed by atoms with Crippen LogP contribution in [0.5, 0.6) is 0 Å². The highest BCUT2D eigenvalue weighted by molar-refractivity contribution is 4.83. The van der Waals surface area contributed by atoms with Gasteiger partial charge in [-0.1, -0.05) is 0 Å². The highest BCUT2D eigenvalue weighted by atomic mass is 16.7. The van der Waals surface area contributed by atoms with E-state index < -0.39 is 0 Å². The molecule has 1 radical (unpaired) electrons. The molecule has 3 unspecified atom stereocenters. The second-order valence-electron chi connectivity index (χ2n) is 2.55. The van der Waals surface area contributed by atoms with E-state index in [1.54, 1.807) is 0 Å². The summed E-state index contributed by atoms with van der Waals surface area (Å²) in [6, 6.07) is 0. The van der Waals surface area contributed by atoms with Gasteiger partial charge in [-0.25, -0.2) is 5.32 Å². The molecule has 2 aliphatic rings. The summed E-state index contributed by atoms with van der Waals surface area (Å²) in [5, 5.41) is 12.9. The molecule has 0 aliphatic carbocycles. The number of rotatable bonds is 1. The monoisotopic (exact) mass is 144 g/mol. The van der Waals surface area contributed by atoms with Gasteiger partial charge in [0.15, 0.2) is 6.29 Å². The molecule has 2 saturated heterocycles. The van der Waals surface area contributed by atoms with Gasteiger partial charge in [0.05, 0.1) is 13.2 Å². The molecular formula is C6H10NO3. The van der Waals surface area contributed by atoms with Crippen LogP contribution in [0.25, 0.3) is 0 Å². The van der Waals surface area contributed by atoms with Gasteiger partial charge < -0.3 is 14.6 Å². The number of morpholine rings is 1. The first-order valence-corrected chi connectivity index (χ1v) is 3.45. The third kappa shape index (κ3) is 0.932. The van der Waals surface area contributed by atoms with Gasteiger partial charge in [0.25, 0.3) is 0 Å². The Labute approximate surface area is 59.1 Å². The van der Waals surface area contributed by atoms with Crippen LogP contribution >= 0.6 is 0 Å². The van der Waals surface area contributed by atoms with Crippen molar-refractivity contribution in [3.63, 3.8) is 0 Å². The molecule has 0 aromatic rings. The molecule has 2 heterocycles. The quantitative estimate of drug-likeness (QED) is 0.498. The van der Waals surface area contributed by atoms with Gasteiger partial charge in [-0.05, 0) is 0 Å². The van der Waals surface area contributed by atoms with Gasteiger partial charge in [-0.2, -0.15) is 0 Å². The third-order valence-corrected chi connectivity index (χ3v) is 1.83. The molecule has 0 aromatic carbocycles. The van der Waals surface area contributed by atoms with Crippen molar-refractivity contribution < 1.29 is 14.6 Å². The van der Waals surface area contributed by atoms with Crippen LogP contribution in [-0.4, -0.2) is 43.3 Å². The Hall–Kier alpha value is -0.160. The van der Waals surface area contributed by atoms with E-state index in [-0.39, 0.29) is 25.1 Å². The minimum Gasteiger partial charge on any atom is -0.394 e. The summed E-state index contributed by atoms with van der Waals surface area (Å²) in [6.07, 6.45) is -0.323. The van der Waals surface area contributed by atoms with Crippen molar-refractivity contribution in [2.24, 2.45) is 0 Å². The molecule has 2 bridgehead atoms. The third-order valence-electron chi connectivity index (χ3n) is 1.83. The Morgan fingerprint density at radius 2 is 2.30 bits per heavy atom. The first-order chi connectivity index (χ1) is 4.90. The first kappa shape index (κ1) is 6.54. The lowest BCUT2D eigenvalue weighted by molar-refractivity contribution is -0.0800. The Morgan fingerprint density at radius 1 is 1.40 bits per heavy atom. The fourth-order valence-electron chi connectivity index (χ4n) is 1.31. The van der Waals surface area contributed by atoms with E-state index in [1.807, 2.05) is 0 Å². The van der Waals surface area contributed by atoms with Crippen LogP contribution in [0.3, 0.4) is 0 Å². The average molecular weight is 144 g/mol. The number of hydrogen-bond donors (Lipinski definition) is 1. The van der Waals surface area contributed by atoms with Gasteiger partial charge >= 0.3 is 0 Å². The van der Waals surface area contributed by atoms with Crippen molar-refractivity contribution in [3.05, 3.63) is 0 Å². The number of hydrogen-bond acceptors (Lipinski definition) is 3. The topological polar surface area (TPSA) is 52.8 Å². The van der Waals surface area contributed by atoms with Crippen LogP contribution in [0, 0.1) is 0 Å². The smallest absolute Gasteiger partial charge is 0.172 e. The molecular weight excluding hydrogens is 134 g/mol. The molecule has 1 N–H and O–H groups in total. The number of aliphatic hydroxyl groups is 1. The van der Waals surface area contributed by atoms with E-state index in [0.717, 1.165) is 0 Å². The molecule has 57 valence electrons. The van der Waals surface area contributed by atoms with Crippen LogP contribution in [0.1, 0.15) is 0 Å². The molecule has 0 saturated carbocycles. The molecule has 0 aromatic heterocycles. The zero-order valence-electron chi connectivity index (χ0n) is 5.56. The maximum atomic E-state index is 8.77. The number of fused-ring (bicyclic) bond motifs is 2. The summed E-state index contributed by atoms with van der Waals surface area (Å²) in [4.78, 5) is 0. The van der Waals surface area contributed by atoms with Gasteiger partial charge in [0.2, 0.25) is 0 Å². The van der Waals surface area contributed by atoms with E-state index in [1.165, 1.54) is 0 Å². The lowest BCUT2D eigenvalue weighted by atomic mass is 10.2. The zero-order valence-corrected chi connectivity index (χ0v) is 5.56. The number of aliphatic hydroxyl groups excluding tert-OH is 1. The molecule has 3 atom stereocenters. The van der Waals surface area contributed by atoms with Crippen molar-refractivity contribution in [2.75, 3.05) is 19.7 Å². The maximum Gasteiger partial charge on any atom is 0.172 e. The van der Waals surface area contributed by atoms with Crippen LogP contribution in [-0.2, 0) is 9.47 Å². The Balaban J connectivity index is 2.01. The summed E-state index contributed by atoms with van der Waals surface area (Å²) < 4.78 is 10.6. The fraction of sp³-hybridized carbons (Fsp3) is 1.00. The van der Waals surface area contributed by atoms with Crippen LogP contribution in [0.15, 0.2) is 0 Å². The minimum absolute atomic E-state index is 0.00347. The summed E-state index contributed by atoms with van der Waals surface area (Å²) in [5.74, 6) is 0. The van der Waals surface area contributed by atoms with Crippen LogP contribution < -0.4 is 5.32 Å². The Kier molecular flexibility index (Phi) is 1.61. The molecule has 2 rings (SSSR count). The largest absolute Gasteiger partial charge is 0.394 e. The maximum absolute atomic E-state index is 8.77. The van der Waals surface area contributed by atoms with Gasteiger partial charge in [0, 0.05) is 6.54 Å². The summed E-state index contributed by atoms with van der Waals surface area (Å²) in [6.45, 7) is 1.32. The Bertz CT molecular complexity index is 130. The fourth-order valence-corrected chi connectivity index (χ4v) is 1.31. The predicted octanol–water partition coefficient (Wildman–Crippen LogP) is -1.29. The highest BCUT2D eigenvalue weighted by Gasteiger charge is 2.38. The number of nitrogens with zero attached hydrogens (tertiary/aromatic N) is 1. The van der Waals surface area contributed by atoms with E-state index >= 15 is 0 Å². The van der Waals surface area contributed by atoms with Crippen LogP contribution in [0.2, 0.25) is 0 Å². The van der Waals surface area contributed by atoms with Crippen LogP contribution in [0.4, 0.5) is 0 Å². The average Bonchev–Trinajstić information content (AvgIpc) is 2.26. The summed E-state index contributed by atoms with van der Waals surface area (Å²) in [5.41, 5.74) is 0. The molecule has 0 amide bonds. The van der Waals surface area contributed by atoms with Gasteiger partial charge in [-0.15, -0.1) is 0 Å². The lowest BCUT2D eigenvalue weighted by Crippen LogP contribution is -2.37. The lowest BCUT2D eigenvalue weighted by Gasteiger charge is -2.17. The van der Waals surface area contributed by atoms with E-state index in [9.17, 15) is 0 Å². The van der Waals surface area contributed by atoms with Gasteiger partial charge in [-0.3, -0.25) is 0 Å². The second-order valence-corrected chi connectivity index (χ2v) is 2.55. The first-order valence-electron chi connectivity index (χ1n) is 3.45. The van der Waals surface area contributed by atoms with Crippen molar-refractivity contribution in [2.45, 2.75) is 18.5 Å². The predicted molar refractivity (Wildman–Crippen MR) is 32.5 cm³/mol. The zero-order chi connectivity index (χ0) is 6.97. The summed E-state index contributed by atoms with van der Waals surface area (Å²) in [7, 11) is 0. The normalized spacial score (nSPS) is 45.9. The molecule has 10 heavy (non-hydrogen) atoms. The van der Waals surface area contributed by atoms with Crippen molar-refractivity contribution >= 4 is 0 Å². The molecule has 2 aliphatic heterocycles. The molecule has 4 heteroatoms.